The summed E-state index contributed by atoms with van der Waals surface area (Å²) in [7, 11) is 0. The standard InChI is InChI=1S/C9H21N2/c1-2-3-4-5-8-11-9-6-7-10/h10-11H,2-9H2,1H3. The van der Waals surface area contributed by atoms with Crippen molar-refractivity contribution in [2.75, 3.05) is 19.6 Å². The summed E-state index contributed by atoms with van der Waals surface area (Å²) < 4.78 is 0. The van der Waals surface area contributed by atoms with Gasteiger partial charge in [-0.05, 0) is 25.9 Å². The molecule has 0 aromatic carbocycles. The molecule has 67 valence electrons. The summed E-state index contributed by atoms with van der Waals surface area (Å²) in [6, 6.07) is 0. The fourth-order valence-corrected chi connectivity index (χ4v) is 1.02. The van der Waals surface area contributed by atoms with Crippen LogP contribution in [0.5, 0.6) is 0 Å². The maximum absolute atomic E-state index is 6.91. The number of nitrogens with one attached hydrogen (secondary N) is 2. The summed E-state index contributed by atoms with van der Waals surface area (Å²) >= 11 is 0. The lowest BCUT2D eigenvalue weighted by Crippen LogP contribution is -2.17. The first-order valence-electron chi connectivity index (χ1n) is 4.77. The van der Waals surface area contributed by atoms with E-state index in [2.05, 4.69) is 12.2 Å². The lowest BCUT2D eigenvalue weighted by Gasteiger charge is -2.01. The van der Waals surface area contributed by atoms with E-state index in [1.165, 1.54) is 25.7 Å². The molecule has 0 rings (SSSR count). The molecule has 0 aliphatic carbocycles. The van der Waals surface area contributed by atoms with E-state index in [4.69, 9.17) is 5.73 Å². The van der Waals surface area contributed by atoms with Crippen LogP contribution < -0.4 is 11.1 Å². The van der Waals surface area contributed by atoms with Gasteiger partial charge in [0.05, 0.1) is 0 Å². The molecule has 2 N–H and O–H groups in total. The van der Waals surface area contributed by atoms with Gasteiger partial charge in [-0.3, -0.25) is 5.73 Å². The van der Waals surface area contributed by atoms with Gasteiger partial charge in [0.15, 0.2) is 0 Å². The van der Waals surface area contributed by atoms with Gasteiger partial charge >= 0.3 is 0 Å². The molecule has 2 nitrogen and oxygen atoms in total. The third-order valence-electron chi connectivity index (χ3n) is 1.74. The van der Waals surface area contributed by atoms with E-state index >= 15 is 0 Å². The van der Waals surface area contributed by atoms with E-state index in [9.17, 15) is 0 Å². The molecule has 0 atom stereocenters. The Labute approximate surface area is 70.5 Å². The molecular formula is C9H21N2. The van der Waals surface area contributed by atoms with Crippen molar-refractivity contribution in [3.63, 3.8) is 0 Å². The minimum absolute atomic E-state index is 0.558. The van der Waals surface area contributed by atoms with E-state index in [0.29, 0.717) is 6.54 Å². The Morgan fingerprint density at radius 2 is 1.73 bits per heavy atom. The average Bonchev–Trinajstić information content (AvgIpc) is 2.03. The van der Waals surface area contributed by atoms with Gasteiger partial charge in [-0.2, -0.15) is 0 Å². The molecule has 0 aliphatic rings. The van der Waals surface area contributed by atoms with Crippen LogP contribution in [0.15, 0.2) is 0 Å². The second-order valence-electron chi connectivity index (χ2n) is 2.91. The first-order chi connectivity index (χ1) is 5.41. The summed E-state index contributed by atoms with van der Waals surface area (Å²) in [5.41, 5.74) is 6.91. The van der Waals surface area contributed by atoms with Crippen LogP contribution in [0.3, 0.4) is 0 Å². The zero-order valence-electron chi connectivity index (χ0n) is 7.66. The lowest BCUT2D eigenvalue weighted by atomic mass is 10.2. The van der Waals surface area contributed by atoms with Crippen molar-refractivity contribution >= 4 is 0 Å². The predicted molar refractivity (Wildman–Crippen MR) is 49.6 cm³/mol. The van der Waals surface area contributed by atoms with Gasteiger partial charge < -0.3 is 5.32 Å². The number of unbranched alkanes of at least 4 members (excludes halogenated alkanes) is 3. The maximum atomic E-state index is 6.91. The van der Waals surface area contributed by atoms with E-state index in [0.717, 1.165) is 19.5 Å². The Bertz CT molecular complexity index is 56.6. The average molecular weight is 157 g/mol. The monoisotopic (exact) mass is 157 g/mol. The van der Waals surface area contributed by atoms with Crippen LogP contribution >= 0.6 is 0 Å². The largest absolute Gasteiger partial charge is 0.317 e. The Kier molecular flexibility index (Phi) is 9.85. The molecule has 0 bridgehead atoms. The molecule has 0 unspecified atom stereocenters. The minimum atomic E-state index is 0.558. The summed E-state index contributed by atoms with van der Waals surface area (Å²) in [4.78, 5) is 0. The molecule has 1 radical (unpaired) electrons. The first kappa shape index (κ1) is 10.9. The fraction of sp³-hybridized carbons (Fsp3) is 1.00. The molecule has 0 spiro atoms. The van der Waals surface area contributed by atoms with Crippen LogP contribution in [0.4, 0.5) is 0 Å². The molecule has 0 saturated carbocycles. The number of rotatable bonds is 8. The molecule has 0 saturated heterocycles. The van der Waals surface area contributed by atoms with Gasteiger partial charge in [0.2, 0.25) is 0 Å². The quantitative estimate of drug-likeness (QED) is 0.536. The topological polar surface area (TPSA) is 35.8 Å². The van der Waals surface area contributed by atoms with Gasteiger partial charge in [-0.15, -0.1) is 0 Å². The van der Waals surface area contributed by atoms with E-state index in [1.54, 1.807) is 0 Å². The van der Waals surface area contributed by atoms with Crippen LogP contribution in [0, 0.1) is 0 Å². The van der Waals surface area contributed by atoms with Gasteiger partial charge in [0, 0.05) is 6.54 Å². The highest BCUT2D eigenvalue weighted by Crippen LogP contribution is 1.96. The molecule has 0 aliphatic heterocycles. The van der Waals surface area contributed by atoms with Crippen molar-refractivity contribution in [1.29, 1.82) is 0 Å². The highest BCUT2D eigenvalue weighted by molar-refractivity contribution is 4.48. The molecule has 11 heavy (non-hydrogen) atoms. The molecule has 0 aromatic heterocycles. The number of hydrogen-bond acceptors (Lipinski definition) is 1. The van der Waals surface area contributed by atoms with Crippen molar-refractivity contribution in [3.8, 4) is 0 Å². The van der Waals surface area contributed by atoms with Crippen LogP contribution in [0.25, 0.3) is 0 Å². The Morgan fingerprint density at radius 1 is 1.00 bits per heavy atom. The van der Waals surface area contributed by atoms with Crippen molar-refractivity contribution in [3.05, 3.63) is 0 Å². The molecule has 2 heteroatoms. The minimum Gasteiger partial charge on any atom is -0.317 e. The predicted octanol–water partition coefficient (Wildman–Crippen LogP) is 1.83. The highest BCUT2D eigenvalue weighted by Gasteiger charge is 1.87. The molecule has 0 amide bonds. The zero-order chi connectivity index (χ0) is 8.36. The number of hydrogen-bond donors (Lipinski definition) is 1. The van der Waals surface area contributed by atoms with Crippen molar-refractivity contribution < 1.29 is 0 Å². The van der Waals surface area contributed by atoms with Crippen LogP contribution in [0.1, 0.15) is 39.0 Å². The summed E-state index contributed by atoms with van der Waals surface area (Å²) in [6.07, 6.45) is 6.32. The molecule has 0 aromatic rings. The normalized spacial score (nSPS) is 10.4. The third-order valence-corrected chi connectivity index (χ3v) is 1.74. The molecular weight excluding hydrogens is 136 g/mol. The Hall–Kier alpha value is -0.0800. The van der Waals surface area contributed by atoms with E-state index in [-0.39, 0.29) is 0 Å². The Morgan fingerprint density at radius 3 is 2.36 bits per heavy atom. The van der Waals surface area contributed by atoms with Gasteiger partial charge in [-0.1, -0.05) is 26.2 Å². The van der Waals surface area contributed by atoms with E-state index in [1.807, 2.05) is 0 Å². The van der Waals surface area contributed by atoms with Crippen molar-refractivity contribution in [2.24, 2.45) is 0 Å². The lowest BCUT2D eigenvalue weighted by molar-refractivity contribution is 0.586. The van der Waals surface area contributed by atoms with Crippen LogP contribution in [-0.2, 0) is 0 Å². The second-order valence-corrected chi connectivity index (χ2v) is 2.91. The van der Waals surface area contributed by atoms with Crippen LogP contribution in [-0.4, -0.2) is 19.6 Å². The first-order valence-corrected chi connectivity index (χ1v) is 4.77. The molecule has 0 fully saturated rings. The smallest absolute Gasteiger partial charge is 0.0112 e. The summed E-state index contributed by atoms with van der Waals surface area (Å²) in [6.45, 7) is 4.95. The zero-order valence-corrected chi connectivity index (χ0v) is 7.66. The summed E-state index contributed by atoms with van der Waals surface area (Å²) in [5.74, 6) is 0. The van der Waals surface area contributed by atoms with Gasteiger partial charge in [-0.25, -0.2) is 0 Å². The van der Waals surface area contributed by atoms with Crippen molar-refractivity contribution in [1.82, 2.24) is 11.1 Å². The fourth-order valence-electron chi connectivity index (χ4n) is 1.02. The summed E-state index contributed by atoms with van der Waals surface area (Å²) in [5, 5.41) is 3.33. The highest BCUT2D eigenvalue weighted by atomic mass is 14.8. The maximum Gasteiger partial charge on any atom is 0.0112 e. The van der Waals surface area contributed by atoms with Gasteiger partial charge in [0.25, 0.3) is 0 Å². The van der Waals surface area contributed by atoms with Crippen molar-refractivity contribution in [2.45, 2.75) is 39.0 Å². The van der Waals surface area contributed by atoms with E-state index < -0.39 is 0 Å². The third kappa shape index (κ3) is 9.92. The molecule has 0 heterocycles. The second kappa shape index (κ2) is 9.92. The van der Waals surface area contributed by atoms with Gasteiger partial charge in [0.1, 0.15) is 0 Å². The Balaban J connectivity index is 2.69. The van der Waals surface area contributed by atoms with Crippen LogP contribution in [0.2, 0.25) is 0 Å². The SMILES string of the molecule is CCCCCCNCCC[NH].